The molecule has 0 spiro atoms. The second-order valence-electron chi connectivity index (χ2n) is 3.78. The number of hydrogen-bond donors (Lipinski definition) is 0. The highest BCUT2D eigenvalue weighted by atomic mass is 16.3. The van der Waals surface area contributed by atoms with Gasteiger partial charge >= 0.3 is 0 Å². The van der Waals surface area contributed by atoms with Crippen LogP contribution in [-0.4, -0.2) is 5.78 Å². The Balaban J connectivity index is 2.13. The van der Waals surface area contributed by atoms with Crippen LogP contribution in [0, 0.1) is 0 Å². The molecule has 0 saturated heterocycles. The number of furan rings is 1. The van der Waals surface area contributed by atoms with Gasteiger partial charge in [0.2, 0.25) is 0 Å². The van der Waals surface area contributed by atoms with Crippen molar-refractivity contribution in [3.05, 3.63) is 59.5 Å². The molecule has 3 rings (SSSR count). The number of Topliss-reactive ketones (excluding diaryl/α,β-unsaturated/α-hetero) is 1. The first-order chi connectivity index (χ1) is 7.36. The first-order valence-electron chi connectivity index (χ1n) is 5.02. The summed E-state index contributed by atoms with van der Waals surface area (Å²) in [6.07, 6.45) is 2.19. The molecule has 0 bridgehead atoms. The maximum atomic E-state index is 11.7. The molecule has 0 N–H and O–H groups in total. The fraction of sp³-hybridized carbons (Fsp3) is 0.154. The molecule has 1 aliphatic carbocycles. The Morgan fingerprint density at radius 2 is 2.00 bits per heavy atom. The molecule has 1 unspecified atom stereocenters. The predicted molar refractivity (Wildman–Crippen MR) is 55.9 cm³/mol. The minimum Gasteiger partial charge on any atom is -0.469 e. The molecule has 1 atom stereocenters. The summed E-state index contributed by atoms with van der Waals surface area (Å²) in [6.45, 7) is 0. The summed E-state index contributed by atoms with van der Waals surface area (Å²) in [5, 5.41) is 0. The Morgan fingerprint density at radius 3 is 2.80 bits per heavy atom. The molecule has 2 aromatic rings. The lowest BCUT2D eigenvalue weighted by molar-refractivity contribution is 0.0989. The van der Waals surface area contributed by atoms with Crippen LogP contribution in [0.25, 0.3) is 0 Å². The maximum absolute atomic E-state index is 11.7. The number of rotatable bonds is 1. The molecule has 0 aliphatic heterocycles. The van der Waals surface area contributed by atoms with Gasteiger partial charge in [-0.25, -0.2) is 0 Å². The molecule has 1 heterocycles. The van der Waals surface area contributed by atoms with Crippen molar-refractivity contribution in [2.24, 2.45) is 0 Å². The van der Waals surface area contributed by atoms with Crippen molar-refractivity contribution >= 4 is 5.78 Å². The molecule has 2 nitrogen and oxygen atoms in total. The Morgan fingerprint density at radius 1 is 1.13 bits per heavy atom. The van der Waals surface area contributed by atoms with E-state index < -0.39 is 0 Å². The summed E-state index contributed by atoms with van der Waals surface area (Å²) in [5.41, 5.74) is 1.94. The van der Waals surface area contributed by atoms with Crippen molar-refractivity contribution in [3.63, 3.8) is 0 Å². The molecule has 2 heteroatoms. The molecule has 0 amide bonds. The summed E-state index contributed by atoms with van der Waals surface area (Å²) >= 11 is 0. The van der Waals surface area contributed by atoms with Crippen LogP contribution in [0.4, 0.5) is 0 Å². The van der Waals surface area contributed by atoms with Crippen LogP contribution in [0.1, 0.15) is 34.0 Å². The lowest BCUT2D eigenvalue weighted by Crippen LogP contribution is -1.94. The Kier molecular flexibility index (Phi) is 1.75. The van der Waals surface area contributed by atoms with Gasteiger partial charge in [-0.15, -0.1) is 0 Å². The number of hydrogen-bond acceptors (Lipinski definition) is 2. The SMILES string of the molecule is O=C1CC(c2ccco2)c2ccccc21. The summed E-state index contributed by atoms with van der Waals surface area (Å²) in [7, 11) is 0. The highest BCUT2D eigenvalue weighted by molar-refractivity contribution is 6.01. The number of carbonyl (C=O) groups excluding carboxylic acids is 1. The number of carbonyl (C=O) groups is 1. The van der Waals surface area contributed by atoms with E-state index in [1.807, 2.05) is 36.4 Å². The Hall–Kier alpha value is -1.83. The van der Waals surface area contributed by atoms with E-state index in [1.54, 1.807) is 6.26 Å². The largest absolute Gasteiger partial charge is 0.469 e. The minimum atomic E-state index is 0.115. The van der Waals surface area contributed by atoms with E-state index in [-0.39, 0.29) is 11.7 Å². The average molecular weight is 198 g/mol. The minimum absolute atomic E-state index is 0.115. The van der Waals surface area contributed by atoms with Crippen LogP contribution in [-0.2, 0) is 0 Å². The average Bonchev–Trinajstić information content (AvgIpc) is 2.87. The third kappa shape index (κ3) is 1.22. The van der Waals surface area contributed by atoms with Crippen molar-refractivity contribution in [2.45, 2.75) is 12.3 Å². The lowest BCUT2D eigenvalue weighted by Gasteiger charge is -2.06. The Bertz CT molecular complexity index is 497. The van der Waals surface area contributed by atoms with Crippen molar-refractivity contribution in [2.75, 3.05) is 0 Å². The van der Waals surface area contributed by atoms with Crippen LogP contribution in [0.5, 0.6) is 0 Å². The van der Waals surface area contributed by atoms with Crippen molar-refractivity contribution < 1.29 is 9.21 Å². The van der Waals surface area contributed by atoms with Gasteiger partial charge in [-0.05, 0) is 17.7 Å². The van der Waals surface area contributed by atoms with Gasteiger partial charge in [-0.1, -0.05) is 24.3 Å². The van der Waals surface area contributed by atoms with Gasteiger partial charge in [-0.3, -0.25) is 4.79 Å². The van der Waals surface area contributed by atoms with Crippen molar-refractivity contribution in [1.29, 1.82) is 0 Å². The number of benzene rings is 1. The highest BCUT2D eigenvalue weighted by Gasteiger charge is 2.31. The summed E-state index contributed by atoms with van der Waals surface area (Å²) < 4.78 is 5.37. The second-order valence-corrected chi connectivity index (χ2v) is 3.78. The van der Waals surface area contributed by atoms with Gasteiger partial charge in [0, 0.05) is 12.0 Å². The van der Waals surface area contributed by atoms with Gasteiger partial charge in [0.15, 0.2) is 5.78 Å². The molecular weight excluding hydrogens is 188 g/mol. The van der Waals surface area contributed by atoms with E-state index in [1.165, 1.54) is 0 Å². The zero-order valence-electron chi connectivity index (χ0n) is 8.14. The summed E-state index contributed by atoms with van der Waals surface area (Å²) in [5.74, 6) is 1.21. The number of fused-ring (bicyclic) bond motifs is 1. The van der Waals surface area contributed by atoms with E-state index in [2.05, 4.69) is 0 Å². The fourth-order valence-corrected chi connectivity index (χ4v) is 2.20. The highest BCUT2D eigenvalue weighted by Crippen LogP contribution is 2.37. The number of ketones is 1. The summed E-state index contributed by atoms with van der Waals surface area (Å²) in [4.78, 5) is 11.7. The van der Waals surface area contributed by atoms with E-state index in [0.717, 1.165) is 16.9 Å². The standard InChI is InChI=1S/C13H10O2/c14-12-8-11(13-6-3-7-15-13)9-4-1-2-5-10(9)12/h1-7,11H,8H2. The molecule has 0 fully saturated rings. The quantitative estimate of drug-likeness (QED) is 0.705. The zero-order valence-corrected chi connectivity index (χ0v) is 8.14. The van der Waals surface area contributed by atoms with Gasteiger partial charge in [0.05, 0.1) is 12.2 Å². The molecular formula is C13H10O2. The van der Waals surface area contributed by atoms with Crippen molar-refractivity contribution in [3.8, 4) is 0 Å². The van der Waals surface area contributed by atoms with Crippen LogP contribution >= 0.6 is 0 Å². The van der Waals surface area contributed by atoms with Crippen LogP contribution in [0.3, 0.4) is 0 Å². The second kappa shape index (κ2) is 3.09. The molecule has 74 valence electrons. The third-order valence-electron chi connectivity index (χ3n) is 2.91. The van der Waals surface area contributed by atoms with Gasteiger partial charge < -0.3 is 4.42 Å². The molecule has 0 saturated carbocycles. The third-order valence-corrected chi connectivity index (χ3v) is 2.91. The van der Waals surface area contributed by atoms with Crippen LogP contribution in [0.2, 0.25) is 0 Å². The predicted octanol–water partition coefficient (Wildman–Crippen LogP) is 3.00. The van der Waals surface area contributed by atoms with Crippen LogP contribution < -0.4 is 0 Å². The topological polar surface area (TPSA) is 30.2 Å². The van der Waals surface area contributed by atoms with E-state index in [9.17, 15) is 4.79 Å². The van der Waals surface area contributed by atoms with E-state index in [0.29, 0.717) is 6.42 Å². The normalized spacial score (nSPS) is 19.2. The fourth-order valence-electron chi connectivity index (χ4n) is 2.20. The zero-order chi connectivity index (χ0) is 10.3. The van der Waals surface area contributed by atoms with Gasteiger partial charge in [-0.2, -0.15) is 0 Å². The molecule has 1 aromatic carbocycles. The monoisotopic (exact) mass is 198 g/mol. The van der Waals surface area contributed by atoms with Crippen LogP contribution in [0.15, 0.2) is 47.1 Å². The van der Waals surface area contributed by atoms with Gasteiger partial charge in [0.1, 0.15) is 5.76 Å². The maximum Gasteiger partial charge on any atom is 0.164 e. The van der Waals surface area contributed by atoms with Crippen molar-refractivity contribution in [1.82, 2.24) is 0 Å². The molecule has 1 aliphatic rings. The first-order valence-corrected chi connectivity index (χ1v) is 5.02. The first kappa shape index (κ1) is 8.48. The molecule has 0 radical (unpaired) electrons. The molecule has 15 heavy (non-hydrogen) atoms. The lowest BCUT2D eigenvalue weighted by atomic mass is 9.99. The molecule has 1 aromatic heterocycles. The van der Waals surface area contributed by atoms with E-state index >= 15 is 0 Å². The van der Waals surface area contributed by atoms with Gasteiger partial charge in [0.25, 0.3) is 0 Å². The smallest absolute Gasteiger partial charge is 0.164 e. The van der Waals surface area contributed by atoms with E-state index in [4.69, 9.17) is 4.42 Å². The summed E-state index contributed by atoms with van der Waals surface area (Å²) in [6, 6.07) is 11.6. The Labute approximate surface area is 87.5 Å².